The first-order valence-electron chi connectivity index (χ1n) is 8.30. The molecule has 0 radical (unpaired) electrons. The Morgan fingerprint density at radius 3 is 2.71 bits per heavy atom. The van der Waals surface area contributed by atoms with Gasteiger partial charge in [-0.15, -0.1) is 0 Å². The van der Waals surface area contributed by atoms with Crippen LogP contribution in [-0.2, 0) is 11.2 Å². The lowest BCUT2D eigenvalue weighted by molar-refractivity contribution is -0.384. The smallest absolute Gasteiger partial charge is 0.280 e. The molecule has 0 unspecified atom stereocenters. The van der Waals surface area contributed by atoms with Crippen molar-refractivity contribution in [1.29, 1.82) is 0 Å². The Bertz CT molecular complexity index is 1040. The van der Waals surface area contributed by atoms with Gasteiger partial charge in [-0.05, 0) is 41.5 Å². The van der Waals surface area contributed by atoms with Crippen molar-refractivity contribution >= 4 is 17.4 Å². The van der Waals surface area contributed by atoms with E-state index >= 15 is 0 Å². The number of rotatable bonds is 6. The molecule has 0 atom stereocenters. The molecule has 0 bridgehead atoms. The van der Waals surface area contributed by atoms with Crippen molar-refractivity contribution in [3.8, 4) is 16.9 Å². The number of methoxy groups -OCH3 is 1. The van der Waals surface area contributed by atoms with E-state index in [1.165, 1.54) is 37.6 Å². The number of halogens is 1. The fourth-order valence-electron chi connectivity index (χ4n) is 2.70. The molecule has 2 aromatic carbocycles. The van der Waals surface area contributed by atoms with Crippen molar-refractivity contribution in [2.24, 2.45) is 0 Å². The molecule has 3 aromatic rings. The van der Waals surface area contributed by atoms with E-state index in [1.807, 2.05) is 0 Å². The number of nitrogens with zero attached hydrogens (tertiary/aromatic N) is 2. The molecular formula is C20H16FN3O4. The summed E-state index contributed by atoms with van der Waals surface area (Å²) in [5.74, 6) is -0.334. The summed E-state index contributed by atoms with van der Waals surface area (Å²) in [4.78, 5) is 27.1. The first kappa shape index (κ1) is 19.0. The fraction of sp³-hybridized carbons (Fsp3) is 0.100. The van der Waals surface area contributed by atoms with E-state index in [-0.39, 0.29) is 23.5 Å². The third-order valence-corrected chi connectivity index (χ3v) is 4.05. The summed E-state index contributed by atoms with van der Waals surface area (Å²) in [6.07, 6.45) is 1.28. The third kappa shape index (κ3) is 4.29. The van der Waals surface area contributed by atoms with Gasteiger partial charge in [0, 0.05) is 6.20 Å². The van der Waals surface area contributed by atoms with Crippen molar-refractivity contribution < 1.29 is 18.8 Å². The van der Waals surface area contributed by atoms with Crippen molar-refractivity contribution in [3.05, 3.63) is 82.3 Å². The van der Waals surface area contributed by atoms with Crippen molar-refractivity contribution in [2.75, 3.05) is 12.4 Å². The van der Waals surface area contributed by atoms with E-state index in [4.69, 9.17) is 4.74 Å². The monoisotopic (exact) mass is 381 g/mol. The number of carbonyl (C=O) groups excluding carboxylic acids is 1. The minimum Gasteiger partial charge on any atom is -0.497 e. The van der Waals surface area contributed by atoms with E-state index in [9.17, 15) is 19.3 Å². The van der Waals surface area contributed by atoms with Crippen molar-refractivity contribution in [1.82, 2.24) is 4.98 Å². The summed E-state index contributed by atoms with van der Waals surface area (Å²) in [5, 5.41) is 14.0. The molecule has 0 fully saturated rings. The zero-order valence-electron chi connectivity index (χ0n) is 14.9. The zero-order chi connectivity index (χ0) is 20.1. The summed E-state index contributed by atoms with van der Waals surface area (Å²) in [7, 11) is 1.42. The molecule has 1 aromatic heterocycles. The number of ether oxygens (including phenoxy) is 1. The van der Waals surface area contributed by atoms with E-state index < -0.39 is 16.6 Å². The van der Waals surface area contributed by atoms with Crippen LogP contribution in [0, 0.1) is 15.9 Å². The second-order valence-electron chi connectivity index (χ2n) is 5.89. The lowest BCUT2D eigenvalue weighted by atomic mass is 10.0. The molecule has 7 nitrogen and oxygen atoms in total. The number of carbonyl (C=O) groups is 1. The number of pyridine rings is 1. The number of hydrogen-bond acceptors (Lipinski definition) is 5. The number of hydrogen-bond donors (Lipinski definition) is 1. The summed E-state index contributed by atoms with van der Waals surface area (Å²) in [6, 6.07) is 13.6. The van der Waals surface area contributed by atoms with Crippen LogP contribution in [0.1, 0.15) is 5.56 Å². The molecule has 142 valence electrons. The highest BCUT2D eigenvalue weighted by atomic mass is 19.1. The molecule has 0 aliphatic carbocycles. The predicted molar refractivity (Wildman–Crippen MR) is 102 cm³/mol. The molecule has 0 aliphatic rings. The highest BCUT2D eigenvalue weighted by Gasteiger charge is 2.17. The Hall–Kier alpha value is -3.81. The van der Waals surface area contributed by atoms with Crippen LogP contribution in [-0.4, -0.2) is 22.9 Å². The lowest BCUT2D eigenvalue weighted by Gasteiger charge is -2.09. The molecule has 28 heavy (non-hydrogen) atoms. The zero-order valence-corrected chi connectivity index (χ0v) is 14.9. The Balaban J connectivity index is 1.84. The van der Waals surface area contributed by atoms with Crippen molar-refractivity contribution in [3.63, 3.8) is 0 Å². The maximum atomic E-state index is 13.7. The van der Waals surface area contributed by atoms with E-state index in [0.29, 0.717) is 16.9 Å². The maximum Gasteiger partial charge on any atom is 0.280 e. The molecule has 1 heterocycles. The number of benzene rings is 2. The largest absolute Gasteiger partial charge is 0.497 e. The standard InChI is InChI=1S/C20H16FN3O4/c1-28-15-6-7-16(18(12-15)24(26)27)13-8-9-22-19(10-13)23-20(25)11-14-4-2-3-5-17(14)21/h2-10,12H,11H2,1H3,(H,22,23,25). The number of aromatic nitrogens is 1. The molecule has 0 saturated carbocycles. The normalized spacial score (nSPS) is 10.4. The molecule has 3 rings (SSSR count). The summed E-state index contributed by atoms with van der Waals surface area (Å²) < 4.78 is 18.7. The van der Waals surface area contributed by atoms with Gasteiger partial charge < -0.3 is 10.1 Å². The van der Waals surface area contributed by atoms with E-state index in [1.54, 1.807) is 30.3 Å². The predicted octanol–water partition coefficient (Wildman–Crippen LogP) is 3.99. The number of nitro benzene ring substituents is 1. The van der Waals surface area contributed by atoms with Gasteiger partial charge in [-0.3, -0.25) is 14.9 Å². The number of amides is 1. The second kappa shape index (κ2) is 8.26. The lowest BCUT2D eigenvalue weighted by Crippen LogP contribution is -2.16. The summed E-state index contributed by atoms with van der Waals surface area (Å²) >= 11 is 0. The Morgan fingerprint density at radius 1 is 1.21 bits per heavy atom. The van der Waals surface area contributed by atoms with Gasteiger partial charge in [0.2, 0.25) is 5.91 Å². The van der Waals surface area contributed by atoms with Crippen LogP contribution in [0.2, 0.25) is 0 Å². The van der Waals surface area contributed by atoms with Gasteiger partial charge in [0.25, 0.3) is 5.69 Å². The minimum atomic E-state index is -0.505. The molecule has 0 aliphatic heterocycles. The van der Waals surface area contributed by atoms with Gasteiger partial charge in [0.1, 0.15) is 17.4 Å². The number of nitrogens with one attached hydrogen (secondary N) is 1. The van der Waals surface area contributed by atoms with Gasteiger partial charge in [0.15, 0.2) is 0 Å². The quantitative estimate of drug-likeness (QED) is 0.515. The first-order chi connectivity index (χ1) is 13.5. The molecule has 0 saturated heterocycles. The van der Waals surface area contributed by atoms with Crippen LogP contribution >= 0.6 is 0 Å². The topological polar surface area (TPSA) is 94.4 Å². The highest BCUT2D eigenvalue weighted by molar-refractivity contribution is 5.92. The molecule has 1 N–H and O–H groups in total. The van der Waals surface area contributed by atoms with Crippen LogP contribution in [0.25, 0.3) is 11.1 Å². The van der Waals surface area contributed by atoms with E-state index in [2.05, 4.69) is 10.3 Å². The van der Waals surface area contributed by atoms with Gasteiger partial charge in [-0.2, -0.15) is 0 Å². The Labute approximate surface area is 160 Å². The van der Waals surface area contributed by atoms with Crippen LogP contribution in [0.15, 0.2) is 60.8 Å². The van der Waals surface area contributed by atoms with Gasteiger partial charge in [-0.1, -0.05) is 18.2 Å². The maximum absolute atomic E-state index is 13.7. The number of nitro groups is 1. The minimum absolute atomic E-state index is 0.130. The SMILES string of the molecule is COc1ccc(-c2ccnc(NC(=O)Cc3ccccc3F)c2)c([N+](=O)[O-])c1. The van der Waals surface area contributed by atoms with Crippen LogP contribution in [0.5, 0.6) is 5.75 Å². The van der Waals surface area contributed by atoms with Gasteiger partial charge in [0.05, 0.1) is 30.1 Å². The van der Waals surface area contributed by atoms with Crippen molar-refractivity contribution in [2.45, 2.75) is 6.42 Å². The van der Waals surface area contributed by atoms with Crippen LogP contribution in [0.3, 0.4) is 0 Å². The summed E-state index contributed by atoms with van der Waals surface area (Å²) in [5.41, 5.74) is 1.000. The molecular weight excluding hydrogens is 365 g/mol. The average Bonchev–Trinajstić information content (AvgIpc) is 2.69. The summed E-state index contributed by atoms with van der Waals surface area (Å²) in [6.45, 7) is 0. The molecule has 0 spiro atoms. The first-order valence-corrected chi connectivity index (χ1v) is 8.30. The highest BCUT2D eigenvalue weighted by Crippen LogP contribution is 2.33. The average molecular weight is 381 g/mol. The van der Waals surface area contributed by atoms with Gasteiger partial charge in [-0.25, -0.2) is 9.37 Å². The Kier molecular flexibility index (Phi) is 5.59. The number of anilines is 1. The fourth-order valence-corrected chi connectivity index (χ4v) is 2.70. The molecule has 1 amide bonds. The van der Waals surface area contributed by atoms with E-state index in [0.717, 1.165) is 0 Å². The molecule has 8 heteroatoms. The van der Waals surface area contributed by atoms with Crippen LogP contribution < -0.4 is 10.1 Å². The van der Waals surface area contributed by atoms with Crippen LogP contribution in [0.4, 0.5) is 15.9 Å². The van der Waals surface area contributed by atoms with Gasteiger partial charge >= 0.3 is 0 Å². The second-order valence-corrected chi connectivity index (χ2v) is 5.89. The Morgan fingerprint density at radius 2 is 2.00 bits per heavy atom. The third-order valence-electron chi connectivity index (χ3n) is 4.05.